The fourth-order valence-corrected chi connectivity index (χ4v) is 4.45. The summed E-state index contributed by atoms with van der Waals surface area (Å²) in [5, 5.41) is 0. The number of halogens is 1. The first-order valence-electron chi connectivity index (χ1n) is 7.28. The molecule has 0 bridgehead atoms. The van der Waals surface area contributed by atoms with Gasteiger partial charge in [0.25, 0.3) is 10.2 Å². The van der Waals surface area contributed by atoms with Crippen LogP contribution in [0, 0.1) is 5.92 Å². The van der Waals surface area contributed by atoms with E-state index in [9.17, 15) is 8.42 Å². The Hall–Kier alpha value is -0.690. The van der Waals surface area contributed by atoms with Gasteiger partial charge in [0.1, 0.15) is 0 Å². The number of piperidine rings is 1. The Morgan fingerprint density at radius 1 is 1.33 bits per heavy atom. The van der Waals surface area contributed by atoms with Gasteiger partial charge in [-0.25, -0.2) is 0 Å². The highest BCUT2D eigenvalue weighted by atomic mass is 35.5. The largest absolute Gasteiger partial charge is 0.282 e. The molecule has 5 nitrogen and oxygen atoms in total. The fourth-order valence-electron chi connectivity index (χ4n) is 2.51. The topological polar surface area (TPSA) is 53.5 Å². The van der Waals surface area contributed by atoms with Gasteiger partial charge < -0.3 is 0 Å². The molecule has 0 radical (unpaired) electrons. The Morgan fingerprint density at radius 3 is 2.48 bits per heavy atom. The summed E-state index contributed by atoms with van der Waals surface area (Å²) in [6, 6.07) is 3.69. The molecule has 118 valence electrons. The van der Waals surface area contributed by atoms with Crippen molar-refractivity contribution in [3.63, 3.8) is 0 Å². The lowest BCUT2D eigenvalue weighted by Gasteiger charge is -2.34. The molecule has 0 aromatic carbocycles. The van der Waals surface area contributed by atoms with E-state index in [1.165, 1.54) is 4.31 Å². The number of nitrogens with zero attached hydrogens (tertiary/aromatic N) is 3. The van der Waals surface area contributed by atoms with Crippen LogP contribution in [0.15, 0.2) is 24.5 Å². The van der Waals surface area contributed by atoms with E-state index in [1.54, 1.807) is 16.7 Å². The van der Waals surface area contributed by atoms with E-state index in [0.717, 1.165) is 18.4 Å². The van der Waals surface area contributed by atoms with Crippen molar-refractivity contribution in [2.75, 3.05) is 25.5 Å². The summed E-state index contributed by atoms with van der Waals surface area (Å²) in [5.41, 5.74) is 0.950. The smallest absolute Gasteiger partial charge is 0.265 e. The van der Waals surface area contributed by atoms with Crippen molar-refractivity contribution in [3.05, 3.63) is 30.1 Å². The first-order chi connectivity index (χ1) is 10.1. The molecule has 0 atom stereocenters. The summed E-state index contributed by atoms with van der Waals surface area (Å²) in [7, 11) is -3.40. The summed E-state index contributed by atoms with van der Waals surface area (Å²) in [5.74, 6) is 1.05. The van der Waals surface area contributed by atoms with Crippen LogP contribution < -0.4 is 0 Å². The van der Waals surface area contributed by atoms with E-state index >= 15 is 0 Å². The second kappa shape index (κ2) is 7.54. The molecule has 0 amide bonds. The zero-order valence-corrected chi connectivity index (χ0v) is 13.9. The van der Waals surface area contributed by atoms with Crippen LogP contribution in [0.3, 0.4) is 0 Å². The van der Waals surface area contributed by atoms with Crippen LogP contribution in [0.1, 0.15) is 25.3 Å². The third kappa shape index (κ3) is 4.16. The molecule has 2 rings (SSSR count). The molecule has 2 heterocycles. The van der Waals surface area contributed by atoms with Gasteiger partial charge in [-0.05, 0) is 36.5 Å². The van der Waals surface area contributed by atoms with E-state index in [4.69, 9.17) is 11.6 Å². The molecule has 1 aliphatic heterocycles. The van der Waals surface area contributed by atoms with Gasteiger partial charge in [-0.1, -0.05) is 6.92 Å². The van der Waals surface area contributed by atoms with Crippen LogP contribution in [0.2, 0.25) is 0 Å². The summed E-state index contributed by atoms with van der Waals surface area (Å²) in [6.45, 7) is 3.83. The predicted octanol–water partition coefficient (Wildman–Crippen LogP) is 2.10. The molecule has 0 aliphatic carbocycles. The van der Waals surface area contributed by atoms with Crippen molar-refractivity contribution in [1.29, 1.82) is 0 Å². The van der Waals surface area contributed by atoms with E-state index in [-0.39, 0.29) is 0 Å². The molecule has 1 aliphatic rings. The normalized spacial score (nSPS) is 18.2. The van der Waals surface area contributed by atoms with Gasteiger partial charge in [-0.3, -0.25) is 4.98 Å². The van der Waals surface area contributed by atoms with Gasteiger partial charge in [-0.15, -0.1) is 11.6 Å². The molecule has 1 fully saturated rings. The van der Waals surface area contributed by atoms with Crippen LogP contribution in [-0.4, -0.2) is 47.5 Å². The standard InChI is InChI=1S/C14H22ClN3O2S/c1-2-17(12-14-3-7-16-8-4-14)21(19,20)18-9-5-13(11-15)6-10-18/h3-4,7-8,13H,2,5-6,9-12H2,1H3. The zero-order valence-electron chi connectivity index (χ0n) is 12.3. The minimum Gasteiger partial charge on any atom is -0.265 e. The van der Waals surface area contributed by atoms with Gasteiger partial charge in [0.2, 0.25) is 0 Å². The first kappa shape index (κ1) is 16.7. The third-order valence-electron chi connectivity index (χ3n) is 3.91. The minimum absolute atomic E-state index is 0.386. The van der Waals surface area contributed by atoms with E-state index in [1.807, 2.05) is 19.1 Å². The average molecular weight is 332 g/mol. The summed E-state index contributed by atoms with van der Waals surface area (Å²) >= 11 is 5.86. The molecule has 7 heteroatoms. The lowest BCUT2D eigenvalue weighted by molar-refractivity contribution is 0.265. The maximum Gasteiger partial charge on any atom is 0.282 e. The molecular formula is C14H22ClN3O2S. The highest BCUT2D eigenvalue weighted by Crippen LogP contribution is 2.23. The highest BCUT2D eigenvalue weighted by Gasteiger charge is 2.31. The van der Waals surface area contributed by atoms with E-state index in [2.05, 4.69) is 4.98 Å². The van der Waals surface area contributed by atoms with E-state index < -0.39 is 10.2 Å². The van der Waals surface area contributed by atoms with Crippen molar-refractivity contribution in [2.45, 2.75) is 26.3 Å². The minimum atomic E-state index is -3.40. The molecule has 1 aromatic rings. The fraction of sp³-hybridized carbons (Fsp3) is 0.643. The molecule has 0 spiro atoms. The maximum atomic E-state index is 12.7. The first-order valence-corrected chi connectivity index (χ1v) is 9.21. The summed E-state index contributed by atoms with van der Waals surface area (Å²) in [6.07, 6.45) is 5.05. The number of hydrogen-bond acceptors (Lipinski definition) is 3. The lowest BCUT2D eigenvalue weighted by Crippen LogP contribution is -2.47. The van der Waals surface area contributed by atoms with Gasteiger partial charge in [0.05, 0.1) is 0 Å². The molecule has 0 saturated carbocycles. The van der Waals surface area contributed by atoms with Gasteiger partial charge >= 0.3 is 0 Å². The van der Waals surface area contributed by atoms with Gasteiger partial charge in [0.15, 0.2) is 0 Å². The maximum absolute atomic E-state index is 12.7. The Bertz CT molecular complexity index is 530. The van der Waals surface area contributed by atoms with Gasteiger partial charge in [0, 0.05) is 44.5 Å². The molecule has 0 unspecified atom stereocenters. The molecular weight excluding hydrogens is 310 g/mol. The monoisotopic (exact) mass is 331 g/mol. The van der Waals surface area contributed by atoms with Crippen LogP contribution in [-0.2, 0) is 16.8 Å². The van der Waals surface area contributed by atoms with Crippen molar-refractivity contribution in [3.8, 4) is 0 Å². The second-order valence-electron chi connectivity index (χ2n) is 5.29. The summed E-state index contributed by atoms with van der Waals surface area (Å²) in [4.78, 5) is 3.96. The number of pyridine rings is 1. The molecule has 1 saturated heterocycles. The van der Waals surface area contributed by atoms with Crippen LogP contribution in [0.25, 0.3) is 0 Å². The zero-order chi connectivity index (χ0) is 15.3. The number of hydrogen-bond donors (Lipinski definition) is 0. The van der Waals surface area contributed by atoms with Gasteiger partial charge in [-0.2, -0.15) is 17.0 Å². The average Bonchev–Trinajstić information content (AvgIpc) is 2.53. The Morgan fingerprint density at radius 2 is 1.95 bits per heavy atom. The third-order valence-corrected chi connectivity index (χ3v) is 6.40. The summed E-state index contributed by atoms with van der Waals surface area (Å²) < 4.78 is 28.5. The van der Waals surface area contributed by atoms with Crippen LogP contribution >= 0.6 is 11.6 Å². The quantitative estimate of drug-likeness (QED) is 0.750. The van der Waals surface area contributed by atoms with Crippen molar-refractivity contribution >= 4 is 21.8 Å². The van der Waals surface area contributed by atoms with E-state index in [0.29, 0.717) is 38.0 Å². The number of alkyl halides is 1. The number of aromatic nitrogens is 1. The molecule has 0 N–H and O–H groups in total. The second-order valence-corrected chi connectivity index (χ2v) is 7.52. The Balaban J connectivity index is 2.06. The van der Waals surface area contributed by atoms with Crippen molar-refractivity contribution in [1.82, 2.24) is 13.6 Å². The highest BCUT2D eigenvalue weighted by molar-refractivity contribution is 7.86. The molecule has 21 heavy (non-hydrogen) atoms. The van der Waals surface area contributed by atoms with Crippen molar-refractivity contribution < 1.29 is 8.42 Å². The Kier molecular flexibility index (Phi) is 5.98. The van der Waals surface area contributed by atoms with Crippen LogP contribution in [0.5, 0.6) is 0 Å². The molecule has 1 aromatic heterocycles. The SMILES string of the molecule is CCN(Cc1ccncc1)S(=O)(=O)N1CCC(CCl)CC1. The van der Waals surface area contributed by atoms with Crippen molar-refractivity contribution in [2.24, 2.45) is 5.92 Å². The number of rotatable bonds is 6. The Labute approximate surface area is 132 Å². The van der Waals surface area contributed by atoms with Crippen LogP contribution in [0.4, 0.5) is 0 Å². The lowest BCUT2D eigenvalue weighted by atomic mass is 10.0. The predicted molar refractivity (Wildman–Crippen MR) is 84.3 cm³/mol.